The van der Waals surface area contributed by atoms with E-state index in [1.165, 1.54) is 0 Å². The van der Waals surface area contributed by atoms with E-state index in [4.69, 9.17) is 0 Å². The van der Waals surface area contributed by atoms with Gasteiger partial charge in [0.2, 0.25) is 15.9 Å². The minimum absolute atomic E-state index is 0.0367. The molecule has 0 bridgehead atoms. The molecule has 2 rings (SSSR count). The molecule has 0 aliphatic heterocycles. The lowest BCUT2D eigenvalue weighted by atomic mass is 10.1. The Labute approximate surface area is 151 Å². The molecule has 0 unspecified atom stereocenters. The highest BCUT2D eigenvalue weighted by Crippen LogP contribution is 2.21. The van der Waals surface area contributed by atoms with Crippen LogP contribution < -0.4 is 9.62 Å². The van der Waals surface area contributed by atoms with Crippen LogP contribution in [-0.2, 0) is 14.8 Å². The maximum atomic E-state index is 13.4. The van der Waals surface area contributed by atoms with Crippen LogP contribution in [0, 0.1) is 25.5 Å². The molecule has 0 atom stereocenters. The Morgan fingerprint density at radius 2 is 1.73 bits per heavy atom. The van der Waals surface area contributed by atoms with Crippen LogP contribution >= 0.6 is 0 Å². The third-order valence-corrected chi connectivity index (χ3v) is 5.12. The normalized spacial score (nSPS) is 11.3. The molecule has 0 fully saturated rings. The number of anilines is 2. The third-order valence-electron chi connectivity index (χ3n) is 3.92. The van der Waals surface area contributed by atoms with Gasteiger partial charge in [0.1, 0.15) is 0 Å². The van der Waals surface area contributed by atoms with Crippen molar-refractivity contribution in [1.29, 1.82) is 0 Å². The van der Waals surface area contributed by atoms with Crippen molar-refractivity contribution in [2.45, 2.75) is 20.3 Å². The summed E-state index contributed by atoms with van der Waals surface area (Å²) in [6.45, 7) is 3.67. The Bertz CT molecular complexity index is 930. The topological polar surface area (TPSA) is 66.5 Å². The molecule has 0 aliphatic carbocycles. The van der Waals surface area contributed by atoms with Gasteiger partial charge >= 0.3 is 0 Å². The van der Waals surface area contributed by atoms with Gasteiger partial charge in [0, 0.05) is 24.7 Å². The zero-order chi connectivity index (χ0) is 19.5. The van der Waals surface area contributed by atoms with Gasteiger partial charge in [-0.2, -0.15) is 0 Å². The number of hydrogen-bond acceptors (Lipinski definition) is 3. The first-order valence-corrected chi connectivity index (χ1v) is 9.72. The number of rotatable bonds is 6. The van der Waals surface area contributed by atoms with Crippen molar-refractivity contribution in [2.75, 3.05) is 22.4 Å². The first-order valence-electron chi connectivity index (χ1n) is 7.88. The maximum absolute atomic E-state index is 13.4. The fourth-order valence-electron chi connectivity index (χ4n) is 2.37. The van der Waals surface area contributed by atoms with Crippen molar-refractivity contribution < 1.29 is 22.0 Å². The van der Waals surface area contributed by atoms with E-state index in [0.29, 0.717) is 5.69 Å². The van der Waals surface area contributed by atoms with Crippen LogP contribution in [0.15, 0.2) is 36.4 Å². The van der Waals surface area contributed by atoms with Crippen molar-refractivity contribution in [3.63, 3.8) is 0 Å². The fourth-order valence-corrected chi connectivity index (χ4v) is 3.29. The second-order valence-corrected chi connectivity index (χ2v) is 7.94. The lowest BCUT2D eigenvalue weighted by molar-refractivity contribution is -0.116. The molecule has 1 amide bonds. The monoisotopic (exact) mass is 382 g/mol. The number of nitrogens with zero attached hydrogens (tertiary/aromatic N) is 1. The van der Waals surface area contributed by atoms with Gasteiger partial charge in [-0.3, -0.25) is 9.10 Å². The van der Waals surface area contributed by atoms with E-state index in [1.54, 1.807) is 6.07 Å². The smallest absolute Gasteiger partial charge is 0.232 e. The van der Waals surface area contributed by atoms with Crippen LogP contribution in [-0.4, -0.2) is 27.1 Å². The van der Waals surface area contributed by atoms with Crippen molar-refractivity contribution >= 4 is 27.3 Å². The Hall–Kier alpha value is -2.48. The molecule has 8 heteroatoms. The summed E-state index contributed by atoms with van der Waals surface area (Å²) in [7, 11) is -3.76. The largest absolute Gasteiger partial charge is 0.326 e. The third kappa shape index (κ3) is 5.01. The molecule has 1 N–H and O–H groups in total. The molecule has 26 heavy (non-hydrogen) atoms. The molecule has 0 saturated heterocycles. The summed E-state index contributed by atoms with van der Waals surface area (Å²) in [6.07, 6.45) is 0.800. The maximum Gasteiger partial charge on any atom is 0.232 e. The van der Waals surface area contributed by atoms with Gasteiger partial charge < -0.3 is 5.32 Å². The van der Waals surface area contributed by atoms with Gasteiger partial charge in [-0.05, 0) is 49.2 Å². The van der Waals surface area contributed by atoms with Crippen molar-refractivity contribution in [3.05, 3.63) is 59.2 Å². The summed E-state index contributed by atoms with van der Waals surface area (Å²) in [6, 6.07) is 8.23. The van der Waals surface area contributed by atoms with Crippen molar-refractivity contribution in [2.24, 2.45) is 0 Å². The molecular weight excluding hydrogens is 362 g/mol. The lowest BCUT2D eigenvalue weighted by Gasteiger charge is -2.22. The number of carbonyl (C=O) groups is 1. The molecule has 5 nitrogen and oxygen atoms in total. The SMILES string of the molecule is Cc1ccc(NC(=O)CCN(c2ccc(F)c(F)c2)S(C)(=O)=O)cc1C. The van der Waals surface area contributed by atoms with E-state index >= 15 is 0 Å². The van der Waals surface area contributed by atoms with Crippen LogP contribution in [0.5, 0.6) is 0 Å². The van der Waals surface area contributed by atoms with Gasteiger partial charge in [0.05, 0.1) is 11.9 Å². The quantitative estimate of drug-likeness (QED) is 0.833. The average molecular weight is 382 g/mol. The Kier molecular flexibility index (Phi) is 5.97. The van der Waals surface area contributed by atoms with Crippen LogP contribution in [0.2, 0.25) is 0 Å². The van der Waals surface area contributed by atoms with Crippen LogP contribution in [0.25, 0.3) is 0 Å². The predicted octanol–water partition coefficient (Wildman–Crippen LogP) is 3.38. The summed E-state index contributed by atoms with van der Waals surface area (Å²) in [5, 5.41) is 2.69. The number of halogens is 2. The summed E-state index contributed by atoms with van der Waals surface area (Å²) in [5.74, 6) is -2.62. The first-order chi connectivity index (χ1) is 12.1. The first kappa shape index (κ1) is 19.8. The van der Waals surface area contributed by atoms with E-state index in [-0.39, 0.29) is 24.6 Å². The zero-order valence-electron chi connectivity index (χ0n) is 14.7. The molecule has 2 aromatic carbocycles. The fraction of sp³-hybridized carbons (Fsp3) is 0.278. The van der Waals surface area contributed by atoms with Gasteiger partial charge in [0.15, 0.2) is 11.6 Å². The number of nitrogens with one attached hydrogen (secondary N) is 1. The summed E-state index contributed by atoms with van der Waals surface area (Å²) in [4.78, 5) is 12.1. The van der Waals surface area contributed by atoms with E-state index < -0.39 is 21.7 Å². The highest BCUT2D eigenvalue weighted by Gasteiger charge is 2.20. The Morgan fingerprint density at radius 1 is 1.04 bits per heavy atom. The van der Waals surface area contributed by atoms with Gasteiger partial charge in [-0.1, -0.05) is 6.07 Å². The minimum Gasteiger partial charge on any atom is -0.326 e. The highest BCUT2D eigenvalue weighted by molar-refractivity contribution is 7.92. The molecule has 0 saturated carbocycles. The summed E-state index contributed by atoms with van der Waals surface area (Å²) < 4.78 is 51.3. The van der Waals surface area contributed by atoms with Crippen LogP contribution in [0.4, 0.5) is 20.2 Å². The van der Waals surface area contributed by atoms with Crippen molar-refractivity contribution in [1.82, 2.24) is 0 Å². The Morgan fingerprint density at radius 3 is 2.31 bits per heavy atom. The number of aryl methyl sites for hydroxylation is 2. The molecule has 0 heterocycles. The molecule has 0 radical (unpaired) electrons. The number of amides is 1. The standard InChI is InChI=1S/C18H20F2N2O3S/c1-12-4-5-14(10-13(12)2)21-18(23)8-9-22(26(3,24)25)15-6-7-16(19)17(20)11-15/h4-7,10-11H,8-9H2,1-3H3,(H,21,23). The predicted molar refractivity (Wildman–Crippen MR) is 97.7 cm³/mol. The van der Waals surface area contributed by atoms with Crippen molar-refractivity contribution in [3.8, 4) is 0 Å². The molecule has 2 aromatic rings. The second-order valence-electron chi connectivity index (χ2n) is 6.03. The number of benzene rings is 2. The van der Waals surface area contributed by atoms with Gasteiger partial charge in [0.25, 0.3) is 0 Å². The van der Waals surface area contributed by atoms with Crippen LogP contribution in [0.1, 0.15) is 17.5 Å². The molecular formula is C18H20F2N2O3S. The van der Waals surface area contributed by atoms with E-state index in [2.05, 4.69) is 5.32 Å². The van der Waals surface area contributed by atoms with Gasteiger partial charge in [-0.15, -0.1) is 0 Å². The summed E-state index contributed by atoms with van der Waals surface area (Å²) >= 11 is 0. The Balaban J connectivity index is 2.10. The molecule has 140 valence electrons. The minimum atomic E-state index is -3.76. The van der Waals surface area contributed by atoms with Gasteiger partial charge in [-0.25, -0.2) is 17.2 Å². The number of hydrogen-bond donors (Lipinski definition) is 1. The molecule has 0 aliphatic rings. The second kappa shape index (κ2) is 7.82. The zero-order valence-corrected chi connectivity index (χ0v) is 15.5. The van der Waals surface area contributed by atoms with E-state index in [1.807, 2.05) is 26.0 Å². The summed E-state index contributed by atoms with van der Waals surface area (Å²) in [5.41, 5.74) is 2.68. The number of carbonyl (C=O) groups excluding carboxylic acids is 1. The van der Waals surface area contributed by atoms with E-state index in [0.717, 1.165) is 39.9 Å². The molecule has 0 spiro atoms. The molecule has 0 aromatic heterocycles. The highest BCUT2D eigenvalue weighted by atomic mass is 32.2. The van der Waals surface area contributed by atoms with Crippen LogP contribution in [0.3, 0.4) is 0 Å². The number of sulfonamides is 1. The van der Waals surface area contributed by atoms with E-state index in [9.17, 15) is 22.0 Å². The lowest BCUT2D eigenvalue weighted by Crippen LogP contribution is -2.33. The average Bonchev–Trinajstić information content (AvgIpc) is 2.53.